The molecule has 0 aliphatic carbocycles. The van der Waals surface area contributed by atoms with E-state index >= 15 is 0 Å². The van der Waals surface area contributed by atoms with Crippen LogP contribution in [0.1, 0.15) is 22.5 Å². The second kappa shape index (κ2) is 6.98. The van der Waals surface area contributed by atoms with Crippen molar-refractivity contribution in [2.45, 2.75) is 12.6 Å². The number of aromatic nitrogens is 2. The third-order valence-corrected chi connectivity index (χ3v) is 4.97. The fourth-order valence-corrected chi connectivity index (χ4v) is 3.23. The molecule has 2 aromatic carbocycles. The molecule has 0 atom stereocenters. The lowest BCUT2D eigenvalue weighted by molar-refractivity contribution is -0.141. The molecule has 0 unspecified atom stereocenters. The summed E-state index contributed by atoms with van der Waals surface area (Å²) in [6, 6.07) is 14.0. The fourth-order valence-electron chi connectivity index (χ4n) is 3.02. The highest BCUT2D eigenvalue weighted by atomic mass is 35.5. The molecule has 3 aromatic rings. The summed E-state index contributed by atoms with van der Waals surface area (Å²) >= 11 is 6.17. The molecule has 4 rings (SSSR count). The predicted octanol–water partition coefficient (Wildman–Crippen LogP) is 5.06. The average molecular weight is 406 g/mol. The molecule has 1 amide bonds. The van der Waals surface area contributed by atoms with Crippen LogP contribution in [0.3, 0.4) is 0 Å². The Labute approximate surface area is 164 Å². The fraction of sp³-hybridized carbons (Fsp3) is 0.200. The highest BCUT2D eigenvalue weighted by Crippen LogP contribution is 2.34. The van der Waals surface area contributed by atoms with Gasteiger partial charge in [0.05, 0.1) is 16.4 Å². The Balaban J connectivity index is 1.77. The minimum absolute atomic E-state index is 0.0756. The molecule has 0 spiro atoms. The minimum Gasteiger partial charge on any atom is -0.339 e. The molecule has 4 nitrogen and oxygen atoms in total. The van der Waals surface area contributed by atoms with Gasteiger partial charge in [-0.1, -0.05) is 35.9 Å². The Bertz CT molecular complexity index is 1020. The van der Waals surface area contributed by atoms with Crippen LogP contribution in [0.15, 0.2) is 54.6 Å². The zero-order valence-corrected chi connectivity index (χ0v) is 15.3. The Morgan fingerprint density at radius 2 is 1.71 bits per heavy atom. The van der Waals surface area contributed by atoms with Crippen molar-refractivity contribution in [1.82, 2.24) is 14.7 Å². The van der Waals surface area contributed by atoms with Crippen LogP contribution in [0, 0.1) is 0 Å². The van der Waals surface area contributed by atoms with Gasteiger partial charge in [0.1, 0.15) is 0 Å². The maximum Gasteiger partial charge on any atom is 0.435 e. The largest absolute Gasteiger partial charge is 0.435 e. The van der Waals surface area contributed by atoms with Crippen LogP contribution < -0.4 is 0 Å². The summed E-state index contributed by atoms with van der Waals surface area (Å²) in [5.74, 6) is -0.0756. The van der Waals surface area contributed by atoms with E-state index in [1.807, 2.05) is 0 Å². The lowest BCUT2D eigenvalue weighted by Crippen LogP contribution is -2.41. The maximum absolute atomic E-state index is 13.3. The van der Waals surface area contributed by atoms with Crippen LogP contribution >= 0.6 is 11.6 Å². The minimum atomic E-state index is -4.59. The smallest absolute Gasteiger partial charge is 0.339 e. The molecule has 0 radical (unpaired) electrons. The highest BCUT2D eigenvalue weighted by molar-refractivity contribution is 6.32. The van der Waals surface area contributed by atoms with Crippen LogP contribution in [0.5, 0.6) is 0 Å². The predicted molar refractivity (Wildman–Crippen MR) is 99.5 cm³/mol. The number of alkyl halides is 3. The number of hydrogen-bond acceptors (Lipinski definition) is 2. The molecule has 1 fully saturated rings. The summed E-state index contributed by atoms with van der Waals surface area (Å²) < 4.78 is 41.0. The van der Waals surface area contributed by atoms with Crippen molar-refractivity contribution in [2.75, 3.05) is 13.1 Å². The van der Waals surface area contributed by atoms with Gasteiger partial charge in [0.15, 0.2) is 5.69 Å². The van der Waals surface area contributed by atoms with Gasteiger partial charge in [0.25, 0.3) is 5.91 Å². The molecule has 28 heavy (non-hydrogen) atoms. The number of halogens is 4. The molecule has 1 aliphatic heterocycles. The van der Waals surface area contributed by atoms with E-state index in [0.29, 0.717) is 16.8 Å². The van der Waals surface area contributed by atoms with Crippen LogP contribution in [0.25, 0.3) is 16.9 Å². The molecule has 1 aromatic heterocycles. The van der Waals surface area contributed by atoms with E-state index in [-0.39, 0.29) is 16.6 Å². The summed E-state index contributed by atoms with van der Waals surface area (Å²) in [5.41, 5.74) is 0.577. The molecule has 1 aliphatic rings. The zero-order chi connectivity index (χ0) is 19.9. The first-order valence-corrected chi connectivity index (χ1v) is 9.04. The van der Waals surface area contributed by atoms with E-state index in [2.05, 4.69) is 5.10 Å². The van der Waals surface area contributed by atoms with E-state index in [9.17, 15) is 18.0 Å². The number of carbonyl (C=O) groups excluding carboxylic acids is 1. The van der Waals surface area contributed by atoms with Gasteiger partial charge in [0, 0.05) is 24.2 Å². The Hall–Kier alpha value is -2.80. The molecule has 8 heteroatoms. The Morgan fingerprint density at radius 1 is 1.04 bits per heavy atom. The summed E-state index contributed by atoms with van der Waals surface area (Å²) in [7, 11) is 0. The number of likely N-dealkylation sites (tertiary alicyclic amines) is 1. The first kappa shape index (κ1) is 18.6. The van der Waals surface area contributed by atoms with E-state index < -0.39 is 11.9 Å². The average Bonchev–Trinajstić information content (AvgIpc) is 3.06. The van der Waals surface area contributed by atoms with Gasteiger partial charge in [-0.2, -0.15) is 18.3 Å². The second-order valence-corrected chi connectivity index (χ2v) is 6.91. The number of amides is 1. The first-order chi connectivity index (χ1) is 13.3. The molecular weight excluding hydrogens is 391 g/mol. The van der Waals surface area contributed by atoms with Crippen molar-refractivity contribution in [3.63, 3.8) is 0 Å². The van der Waals surface area contributed by atoms with Crippen molar-refractivity contribution in [3.05, 3.63) is 70.9 Å². The van der Waals surface area contributed by atoms with Gasteiger partial charge in [-0.25, -0.2) is 4.68 Å². The van der Waals surface area contributed by atoms with Gasteiger partial charge in [-0.05, 0) is 36.8 Å². The van der Waals surface area contributed by atoms with Crippen molar-refractivity contribution in [3.8, 4) is 16.9 Å². The zero-order valence-electron chi connectivity index (χ0n) is 14.6. The highest BCUT2D eigenvalue weighted by Gasteiger charge is 2.35. The van der Waals surface area contributed by atoms with E-state index in [1.165, 1.54) is 4.68 Å². The lowest BCUT2D eigenvalue weighted by atomic mass is 10.1. The van der Waals surface area contributed by atoms with E-state index in [1.54, 1.807) is 53.4 Å². The number of para-hydroxylation sites is 1. The number of nitrogens with zero attached hydrogens (tertiary/aromatic N) is 3. The summed E-state index contributed by atoms with van der Waals surface area (Å²) in [6.07, 6.45) is -3.60. The van der Waals surface area contributed by atoms with Crippen LogP contribution in [-0.4, -0.2) is 33.7 Å². The van der Waals surface area contributed by atoms with Crippen LogP contribution in [0.4, 0.5) is 13.2 Å². The Kier molecular flexibility index (Phi) is 4.63. The topological polar surface area (TPSA) is 38.1 Å². The van der Waals surface area contributed by atoms with Crippen molar-refractivity contribution in [1.29, 1.82) is 0 Å². The van der Waals surface area contributed by atoms with Gasteiger partial charge in [-0.3, -0.25) is 4.79 Å². The van der Waals surface area contributed by atoms with Crippen molar-refractivity contribution >= 4 is 17.5 Å². The van der Waals surface area contributed by atoms with Crippen molar-refractivity contribution in [2.24, 2.45) is 0 Å². The standard InChI is InChI=1S/C20H15ClF3N3O/c21-15-4-1-2-5-16(15)27-17(12-18(25-27)20(22,23)24)13-6-8-14(9-7-13)19(28)26-10-3-11-26/h1-2,4-9,12H,3,10-11H2. The number of hydrogen-bond donors (Lipinski definition) is 0. The van der Waals surface area contributed by atoms with Gasteiger partial charge in [0.2, 0.25) is 0 Å². The number of carbonyl (C=O) groups is 1. The molecule has 2 heterocycles. The molecule has 144 valence electrons. The Morgan fingerprint density at radius 3 is 2.29 bits per heavy atom. The normalized spacial score (nSPS) is 14.1. The lowest BCUT2D eigenvalue weighted by Gasteiger charge is -2.30. The summed E-state index contributed by atoms with van der Waals surface area (Å²) in [6.45, 7) is 1.46. The molecule has 1 saturated heterocycles. The third-order valence-electron chi connectivity index (χ3n) is 4.65. The quantitative estimate of drug-likeness (QED) is 0.611. The molecular formula is C20H15ClF3N3O. The van der Waals surface area contributed by atoms with E-state index in [0.717, 1.165) is 25.6 Å². The number of benzene rings is 2. The molecule has 0 bridgehead atoms. The van der Waals surface area contributed by atoms with E-state index in [4.69, 9.17) is 11.6 Å². The molecule has 0 saturated carbocycles. The van der Waals surface area contributed by atoms with Crippen LogP contribution in [0.2, 0.25) is 5.02 Å². The first-order valence-electron chi connectivity index (χ1n) is 8.66. The van der Waals surface area contributed by atoms with Gasteiger partial charge < -0.3 is 4.90 Å². The van der Waals surface area contributed by atoms with Crippen LogP contribution in [-0.2, 0) is 6.18 Å². The third kappa shape index (κ3) is 3.38. The summed E-state index contributed by atoms with van der Waals surface area (Å²) in [4.78, 5) is 14.0. The maximum atomic E-state index is 13.3. The van der Waals surface area contributed by atoms with Gasteiger partial charge >= 0.3 is 6.18 Å². The second-order valence-electron chi connectivity index (χ2n) is 6.50. The molecule has 0 N–H and O–H groups in total. The SMILES string of the molecule is O=C(c1ccc(-c2cc(C(F)(F)F)nn2-c2ccccc2Cl)cc1)N1CCC1. The monoisotopic (exact) mass is 405 g/mol. The van der Waals surface area contributed by atoms with Crippen molar-refractivity contribution < 1.29 is 18.0 Å². The summed E-state index contributed by atoms with van der Waals surface area (Å²) in [5, 5.41) is 4.01. The van der Waals surface area contributed by atoms with Gasteiger partial charge in [-0.15, -0.1) is 0 Å². The number of rotatable bonds is 3.